The molecule has 0 unspecified atom stereocenters. The Kier molecular flexibility index (Phi) is 7.07. The third-order valence-corrected chi connectivity index (χ3v) is 8.35. The minimum atomic E-state index is -0.579. The molecule has 9 nitrogen and oxygen atoms in total. The predicted octanol–water partition coefficient (Wildman–Crippen LogP) is 6.59. The van der Waals surface area contributed by atoms with Gasteiger partial charge in [-0.3, -0.25) is 9.48 Å². The second-order valence-electron chi connectivity index (χ2n) is 12.9. The number of benzene rings is 1. The molecule has 0 aliphatic carbocycles. The summed E-state index contributed by atoms with van der Waals surface area (Å²) in [5.41, 5.74) is 7.59. The number of nitrogens with zero attached hydrogens (tertiary/aromatic N) is 5. The van der Waals surface area contributed by atoms with Crippen LogP contribution in [0.25, 0.3) is 22.2 Å². The van der Waals surface area contributed by atoms with Crippen LogP contribution in [0, 0.1) is 6.92 Å². The molecule has 2 aliphatic rings. The summed E-state index contributed by atoms with van der Waals surface area (Å²) in [6.07, 6.45) is 9.57. The molecule has 4 aromatic rings. The topological polar surface area (TPSA) is 96.3 Å². The van der Waals surface area contributed by atoms with E-state index in [2.05, 4.69) is 40.2 Å². The van der Waals surface area contributed by atoms with E-state index in [4.69, 9.17) is 4.74 Å². The molecule has 1 aromatic carbocycles. The Morgan fingerprint density at radius 2 is 1.90 bits per heavy atom. The van der Waals surface area contributed by atoms with E-state index in [9.17, 15) is 9.59 Å². The van der Waals surface area contributed by atoms with Gasteiger partial charge in [-0.15, -0.1) is 0 Å². The van der Waals surface area contributed by atoms with Crippen molar-refractivity contribution >= 4 is 23.0 Å². The molecule has 220 valence electrons. The van der Waals surface area contributed by atoms with E-state index in [1.165, 1.54) is 5.56 Å². The Bertz CT molecular complexity index is 1660. The summed E-state index contributed by atoms with van der Waals surface area (Å²) in [5, 5.41) is 5.49. The van der Waals surface area contributed by atoms with Gasteiger partial charge in [-0.05, 0) is 101 Å². The molecule has 6 rings (SSSR count). The molecule has 0 spiro atoms. The maximum absolute atomic E-state index is 13.6. The lowest BCUT2D eigenvalue weighted by Crippen LogP contribution is -2.39. The zero-order valence-electron chi connectivity index (χ0n) is 25.4. The molecule has 9 heteroatoms. The maximum Gasteiger partial charge on any atom is 0.410 e. The Labute approximate surface area is 246 Å². The Morgan fingerprint density at radius 3 is 2.64 bits per heavy atom. The standard InChI is InChI=1S/C33H40N6O3/c1-20(2)39-18-25(17-36-39)31(40)37-11-9-22-12-23(24-14-26-21(3)15-34-30(26)35-16-24)13-27(28(22)19-37)29-8-7-10-38(29)32(41)42-33(4,5)6/h12-18,20,29H,7-11,19H2,1-6H3,(H,34,35)/t29-/m0/s1. The van der Waals surface area contributed by atoms with Crippen molar-refractivity contribution in [3.63, 3.8) is 0 Å². The largest absolute Gasteiger partial charge is 0.444 e. The van der Waals surface area contributed by atoms with E-state index in [0.29, 0.717) is 25.2 Å². The number of H-pyrrole nitrogens is 1. The summed E-state index contributed by atoms with van der Waals surface area (Å²) in [5.74, 6) is -0.0180. The van der Waals surface area contributed by atoms with E-state index in [1.54, 1.807) is 6.20 Å². The van der Waals surface area contributed by atoms with Gasteiger partial charge in [-0.1, -0.05) is 6.07 Å². The molecule has 1 N–H and O–H groups in total. The number of ether oxygens (including phenoxy) is 1. The average molecular weight is 569 g/mol. The lowest BCUT2D eigenvalue weighted by molar-refractivity contribution is 0.0222. The third-order valence-electron chi connectivity index (χ3n) is 8.35. The van der Waals surface area contributed by atoms with Crippen LogP contribution in [0.2, 0.25) is 0 Å². The van der Waals surface area contributed by atoms with Gasteiger partial charge < -0.3 is 19.5 Å². The number of aromatic nitrogens is 4. The number of amides is 2. The van der Waals surface area contributed by atoms with Gasteiger partial charge in [0.1, 0.15) is 11.2 Å². The molecule has 2 amide bonds. The second-order valence-corrected chi connectivity index (χ2v) is 12.9. The summed E-state index contributed by atoms with van der Waals surface area (Å²) in [6, 6.07) is 6.70. The van der Waals surface area contributed by atoms with Crippen LogP contribution in [-0.4, -0.2) is 60.2 Å². The first-order valence-corrected chi connectivity index (χ1v) is 14.9. The van der Waals surface area contributed by atoms with Crippen molar-refractivity contribution in [3.8, 4) is 11.1 Å². The van der Waals surface area contributed by atoms with Crippen LogP contribution in [0.1, 0.15) is 92.2 Å². The summed E-state index contributed by atoms with van der Waals surface area (Å²) in [4.78, 5) is 38.7. The molecule has 0 bridgehead atoms. The van der Waals surface area contributed by atoms with Crippen molar-refractivity contribution in [1.82, 2.24) is 29.5 Å². The van der Waals surface area contributed by atoms with E-state index >= 15 is 0 Å². The predicted molar refractivity (Wildman–Crippen MR) is 162 cm³/mol. The highest BCUT2D eigenvalue weighted by atomic mass is 16.6. The van der Waals surface area contributed by atoms with Crippen LogP contribution in [0.3, 0.4) is 0 Å². The molecule has 0 saturated carbocycles. The number of pyridine rings is 1. The Balaban J connectivity index is 1.41. The zero-order chi connectivity index (χ0) is 29.8. The van der Waals surface area contributed by atoms with Gasteiger partial charge in [0, 0.05) is 55.2 Å². The fraction of sp³-hybridized carbons (Fsp3) is 0.455. The fourth-order valence-corrected chi connectivity index (χ4v) is 6.17. The number of likely N-dealkylation sites (tertiary alicyclic amines) is 1. The summed E-state index contributed by atoms with van der Waals surface area (Å²) < 4.78 is 7.64. The number of carbonyl (C=O) groups excluding carboxylic acids is 2. The minimum Gasteiger partial charge on any atom is -0.444 e. The highest BCUT2D eigenvalue weighted by Crippen LogP contribution is 2.40. The van der Waals surface area contributed by atoms with Gasteiger partial charge in [-0.2, -0.15) is 5.10 Å². The first kappa shape index (κ1) is 28.0. The van der Waals surface area contributed by atoms with Crippen molar-refractivity contribution < 1.29 is 14.3 Å². The molecule has 1 fully saturated rings. The molecule has 3 aromatic heterocycles. The molecule has 0 radical (unpaired) electrons. The molecule has 5 heterocycles. The lowest BCUT2D eigenvalue weighted by atomic mass is 9.86. The van der Waals surface area contributed by atoms with Gasteiger partial charge in [0.2, 0.25) is 0 Å². The van der Waals surface area contributed by atoms with E-state index in [1.807, 2.05) is 67.7 Å². The monoisotopic (exact) mass is 568 g/mol. The molecular formula is C33H40N6O3. The number of aromatic amines is 1. The number of hydrogen-bond acceptors (Lipinski definition) is 5. The molecule has 42 heavy (non-hydrogen) atoms. The number of nitrogens with one attached hydrogen (secondary N) is 1. The average Bonchev–Trinajstić information content (AvgIpc) is 3.71. The normalized spacial score (nSPS) is 17.3. The highest BCUT2D eigenvalue weighted by molar-refractivity contribution is 5.94. The van der Waals surface area contributed by atoms with Gasteiger partial charge in [0.15, 0.2) is 0 Å². The minimum absolute atomic E-state index is 0.0180. The van der Waals surface area contributed by atoms with Crippen LogP contribution in [0.15, 0.2) is 43.0 Å². The quantitative estimate of drug-likeness (QED) is 0.300. The van der Waals surface area contributed by atoms with Gasteiger partial charge in [0.05, 0.1) is 17.8 Å². The number of rotatable bonds is 4. The second kappa shape index (κ2) is 10.6. The van der Waals surface area contributed by atoms with E-state index < -0.39 is 5.60 Å². The first-order chi connectivity index (χ1) is 20.0. The number of hydrogen-bond donors (Lipinski definition) is 1. The van der Waals surface area contributed by atoms with Crippen LogP contribution in [0.4, 0.5) is 4.79 Å². The third kappa shape index (κ3) is 5.28. The maximum atomic E-state index is 13.6. The smallest absolute Gasteiger partial charge is 0.410 e. The molecular weight excluding hydrogens is 528 g/mol. The fourth-order valence-electron chi connectivity index (χ4n) is 6.17. The van der Waals surface area contributed by atoms with Crippen molar-refractivity contribution in [2.75, 3.05) is 13.1 Å². The van der Waals surface area contributed by atoms with Crippen LogP contribution >= 0.6 is 0 Å². The van der Waals surface area contributed by atoms with Crippen LogP contribution < -0.4 is 0 Å². The van der Waals surface area contributed by atoms with Crippen molar-refractivity contribution in [3.05, 3.63) is 70.8 Å². The number of carbonyl (C=O) groups is 2. The molecule has 1 atom stereocenters. The Morgan fingerprint density at radius 1 is 1.10 bits per heavy atom. The first-order valence-electron chi connectivity index (χ1n) is 14.9. The summed E-state index contributed by atoms with van der Waals surface area (Å²) >= 11 is 0. The van der Waals surface area contributed by atoms with Gasteiger partial charge >= 0.3 is 6.09 Å². The highest BCUT2D eigenvalue weighted by Gasteiger charge is 2.36. The van der Waals surface area contributed by atoms with Crippen molar-refractivity contribution in [2.45, 2.75) is 85.0 Å². The SMILES string of the molecule is Cc1c[nH]c2ncc(-c3cc4c(c([C@@H]5CCCN5C(=O)OC(C)(C)C)c3)CN(C(=O)c3cnn(C(C)C)c3)CC4)cc12. The van der Waals surface area contributed by atoms with Crippen LogP contribution in [-0.2, 0) is 17.7 Å². The lowest BCUT2D eigenvalue weighted by Gasteiger charge is -2.34. The van der Waals surface area contributed by atoms with Crippen molar-refractivity contribution in [2.24, 2.45) is 0 Å². The molecule has 1 saturated heterocycles. The van der Waals surface area contributed by atoms with E-state index in [-0.39, 0.29) is 24.1 Å². The zero-order valence-corrected chi connectivity index (χ0v) is 25.4. The van der Waals surface area contributed by atoms with Crippen LogP contribution in [0.5, 0.6) is 0 Å². The van der Waals surface area contributed by atoms with E-state index in [0.717, 1.165) is 58.1 Å². The summed E-state index contributed by atoms with van der Waals surface area (Å²) in [7, 11) is 0. The molecule has 2 aliphatic heterocycles. The van der Waals surface area contributed by atoms with Crippen molar-refractivity contribution in [1.29, 1.82) is 0 Å². The number of fused-ring (bicyclic) bond motifs is 2. The Hall–Kier alpha value is -4.14. The summed E-state index contributed by atoms with van der Waals surface area (Å²) in [6.45, 7) is 13.6. The number of aryl methyl sites for hydroxylation is 1. The van der Waals surface area contributed by atoms with Gasteiger partial charge in [-0.25, -0.2) is 9.78 Å². The van der Waals surface area contributed by atoms with Gasteiger partial charge in [0.25, 0.3) is 5.91 Å².